The Bertz CT molecular complexity index is 798. The monoisotopic (exact) mass is 257 g/mol. The molecule has 3 nitrogen and oxygen atoms in total. The minimum Gasteiger partial charge on any atom is -0.449 e. The molecule has 1 aliphatic rings. The fraction of sp³-hybridized carbons (Fsp3) is 0.214. The summed E-state index contributed by atoms with van der Waals surface area (Å²) in [6.45, 7) is 2.17. The van der Waals surface area contributed by atoms with Crippen LogP contribution in [-0.4, -0.2) is 4.57 Å². The molecule has 0 spiro atoms. The predicted molar refractivity (Wildman–Crippen MR) is 72.2 cm³/mol. The van der Waals surface area contributed by atoms with Crippen LogP contribution in [0.1, 0.15) is 5.69 Å². The highest BCUT2D eigenvalue weighted by molar-refractivity contribution is 7.17. The van der Waals surface area contributed by atoms with E-state index in [0.29, 0.717) is 0 Å². The van der Waals surface area contributed by atoms with E-state index in [9.17, 15) is 0 Å². The van der Waals surface area contributed by atoms with Crippen molar-refractivity contribution in [3.8, 4) is 22.8 Å². The molecule has 18 heavy (non-hydrogen) atoms. The highest BCUT2D eigenvalue weighted by Crippen LogP contribution is 2.49. The van der Waals surface area contributed by atoms with Crippen molar-refractivity contribution in [2.45, 2.75) is 6.92 Å². The van der Waals surface area contributed by atoms with Crippen molar-refractivity contribution in [3.63, 3.8) is 0 Å². The number of hydrogen-bond acceptors (Lipinski definition) is 2. The molecule has 0 aliphatic carbocycles. The molecule has 0 saturated heterocycles. The van der Waals surface area contributed by atoms with Crippen LogP contribution in [0.15, 0.2) is 23.7 Å². The molecule has 0 bridgehead atoms. The molecule has 0 aromatic carbocycles. The fourth-order valence-corrected chi connectivity index (χ4v) is 3.76. The molecule has 0 saturated carbocycles. The maximum Gasteiger partial charge on any atom is 0.257 e. The van der Waals surface area contributed by atoms with Crippen LogP contribution in [0.3, 0.4) is 0 Å². The van der Waals surface area contributed by atoms with Crippen molar-refractivity contribution >= 4 is 21.6 Å². The van der Waals surface area contributed by atoms with E-state index in [1.54, 1.807) is 11.3 Å². The molecule has 4 rings (SSSR count). The minimum atomic E-state index is 0.946. The first-order chi connectivity index (χ1) is 8.68. The summed E-state index contributed by atoms with van der Waals surface area (Å²) in [7, 11) is 4.19. The molecular formula is C14H13N2OS+. The van der Waals surface area contributed by atoms with Gasteiger partial charge >= 0.3 is 0 Å². The third-order valence-electron chi connectivity index (χ3n) is 3.76. The second-order valence-electron chi connectivity index (χ2n) is 4.73. The highest BCUT2D eigenvalue weighted by atomic mass is 32.1. The van der Waals surface area contributed by atoms with Gasteiger partial charge in [-0.15, -0.1) is 11.3 Å². The Morgan fingerprint density at radius 1 is 1.33 bits per heavy atom. The SMILES string of the molecule is Cc1c2c3c(csc3n1C)Oc1ccc[n+](C)c1-2. The van der Waals surface area contributed by atoms with Gasteiger partial charge in [-0.25, -0.2) is 0 Å². The van der Waals surface area contributed by atoms with E-state index in [-0.39, 0.29) is 0 Å². The predicted octanol–water partition coefficient (Wildman–Crippen LogP) is 3.15. The number of thiophene rings is 1. The number of aromatic nitrogens is 2. The van der Waals surface area contributed by atoms with E-state index in [4.69, 9.17) is 4.74 Å². The number of pyridine rings is 1. The van der Waals surface area contributed by atoms with Crippen LogP contribution in [-0.2, 0) is 14.1 Å². The summed E-state index contributed by atoms with van der Waals surface area (Å²) in [5.41, 5.74) is 3.78. The lowest BCUT2D eigenvalue weighted by atomic mass is 10.1. The van der Waals surface area contributed by atoms with Crippen LogP contribution < -0.4 is 9.30 Å². The molecule has 0 fully saturated rings. The molecule has 0 atom stereocenters. The van der Waals surface area contributed by atoms with Crippen molar-refractivity contribution < 1.29 is 9.30 Å². The van der Waals surface area contributed by atoms with Crippen LogP contribution in [0.5, 0.6) is 11.5 Å². The standard InChI is InChI=1S/C14H13N2OS/c1-8-11-12-10(7-18-14(12)16(8)3)17-9-5-4-6-15(2)13(9)11/h4-7H,1-3H3/q+1. The lowest BCUT2D eigenvalue weighted by Gasteiger charge is -2.13. The second-order valence-corrected chi connectivity index (χ2v) is 5.59. The zero-order valence-corrected chi connectivity index (χ0v) is 11.3. The van der Waals surface area contributed by atoms with Crippen molar-refractivity contribution in [2.24, 2.45) is 14.1 Å². The van der Waals surface area contributed by atoms with Crippen molar-refractivity contribution in [1.29, 1.82) is 0 Å². The molecule has 0 amide bonds. The van der Waals surface area contributed by atoms with Crippen LogP contribution in [0.25, 0.3) is 21.5 Å². The fourth-order valence-electron chi connectivity index (χ4n) is 2.76. The normalized spacial score (nSPS) is 12.6. The van der Waals surface area contributed by atoms with E-state index >= 15 is 0 Å². The Morgan fingerprint density at radius 3 is 3.00 bits per heavy atom. The maximum absolute atomic E-state index is 6.01. The lowest BCUT2D eigenvalue weighted by molar-refractivity contribution is -0.660. The van der Waals surface area contributed by atoms with Crippen molar-refractivity contribution in [3.05, 3.63) is 29.4 Å². The van der Waals surface area contributed by atoms with Gasteiger partial charge in [-0.3, -0.25) is 0 Å². The van der Waals surface area contributed by atoms with E-state index in [0.717, 1.165) is 11.5 Å². The molecule has 0 radical (unpaired) electrons. The molecular weight excluding hydrogens is 244 g/mol. The number of rotatable bonds is 0. The van der Waals surface area contributed by atoms with Gasteiger partial charge in [0.25, 0.3) is 5.69 Å². The summed E-state index contributed by atoms with van der Waals surface area (Å²) in [4.78, 5) is 1.28. The number of aryl methyl sites for hydroxylation is 2. The Labute approximate surface area is 109 Å². The molecule has 0 unspecified atom stereocenters. The summed E-state index contributed by atoms with van der Waals surface area (Å²) in [6, 6.07) is 4.06. The maximum atomic E-state index is 6.01. The van der Waals surface area contributed by atoms with Crippen molar-refractivity contribution in [1.82, 2.24) is 4.57 Å². The Balaban J connectivity index is 2.26. The largest absolute Gasteiger partial charge is 0.449 e. The van der Waals surface area contributed by atoms with Gasteiger partial charge < -0.3 is 9.30 Å². The smallest absolute Gasteiger partial charge is 0.257 e. The Morgan fingerprint density at radius 2 is 2.17 bits per heavy atom. The first-order valence-electron chi connectivity index (χ1n) is 5.92. The molecule has 1 aliphatic heterocycles. The zero-order chi connectivity index (χ0) is 12.4. The number of ether oxygens (including phenoxy) is 1. The van der Waals surface area contributed by atoms with Crippen molar-refractivity contribution in [2.75, 3.05) is 0 Å². The molecule has 90 valence electrons. The third kappa shape index (κ3) is 1.02. The summed E-state index contributed by atoms with van der Waals surface area (Å²) >= 11 is 1.75. The summed E-state index contributed by atoms with van der Waals surface area (Å²) < 4.78 is 10.4. The van der Waals surface area contributed by atoms with Crippen LogP contribution in [0.4, 0.5) is 0 Å². The van der Waals surface area contributed by atoms with Crippen LogP contribution in [0, 0.1) is 6.92 Å². The number of nitrogens with zero attached hydrogens (tertiary/aromatic N) is 2. The summed E-state index contributed by atoms with van der Waals surface area (Å²) in [5.74, 6) is 1.94. The Hall–Kier alpha value is -1.81. The summed E-state index contributed by atoms with van der Waals surface area (Å²) in [6.07, 6.45) is 2.07. The second kappa shape index (κ2) is 3.14. The molecule has 3 aromatic heterocycles. The van der Waals surface area contributed by atoms with Crippen LogP contribution in [0.2, 0.25) is 0 Å². The third-order valence-corrected chi connectivity index (χ3v) is 4.79. The van der Waals surface area contributed by atoms with Crippen LogP contribution >= 0.6 is 11.3 Å². The molecule has 3 aromatic rings. The number of fused-ring (bicyclic) bond motifs is 2. The van der Waals surface area contributed by atoms with E-state index < -0.39 is 0 Å². The van der Waals surface area contributed by atoms with Gasteiger partial charge in [0.1, 0.15) is 17.6 Å². The van der Waals surface area contributed by atoms with E-state index in [1.807, 2.05) is 12.1 Å². The first kappa shape index (κ1) is 10.1. The Kier molecular flexibility index (Phi) is 1.77. The molecule has 4 heteroatoms. The first-order valence-corrected chi connectivity index (χ1v) is 6.80. The quantitative estimate of drug-likeness (QED) is 0.443. The van der Waals surface area contributed by atoms with E-state index in [2.05, 4.69) is 41.7 Å². The average molecular weight is 257 g/mol. The van der Waals surface area contributed by atoms with Gasteiger partial charge in [-0.2, -0.15) is 4.57 Å². The summed E-state index contributed by atoms with van der Waals surface area (Å²) in [5, 5.41) is 3.36. The molecule has 0 N–H and O–H groups in total. The van der Waals surface area contributed by atoms with Gasteiger partial charge in [0.05, 0.1) is 10.9 Å². The number of hydrogen-bond donors (Lipinski definition) is 0. The lowest BCUT2D eigenvalue weighted by Crippen LogP contribution is -2.31. The zero-order valence-electron chi connectivity index (χ0n) is 10.5. The van der Waals surface area contributed by atoms with Gasteiger partial charge in [0, 0.05) is 24.2 Å². The van der Waals surface area contributed by atoms with Gasteiger partial charge in [-0.05, 0) is 13.0 Å². The van der Waals surface area contributed by atoms with E-state index in [1.165, 1.54) is 27.2 Å². The minimum absolute atomic E-state index is 0.946. The van der Waals surface area contributed by atoms with Gasteiger partial charge in [-0.1, -0.05) is 0 Å². The highest BCUT2D eigenvalue weighted by Gasteiger charge is 2.32. The van der Waals surface area contributed by atoms with Gasteiger partial charge in [0.15, 0.2) is 11.9 Å². The van der Waals surface area contributed by atoms with Gasteiger partial charge in [0.2, 0.25) is 0 Å². The molecule has 4 heterocycles. The topological polar surface area (TPSA) is 18.0 Å². The average Bonchev–Trinajstić information content (AvgIpc) is 2.87.